The topological polar surface area (TPSA) is 17.1 Å². The predicted octanol–water partition coefficient (Wildman–Crippen LogP) is 3.47. The van der Waals surface area contributed by atoms with Crippen LogP contribution in [0.1, 0.15) is 64.2 Å². The Balaban J connectivity index is 1.90. The second-order valence-corrected chi connectivity index (χ2v) is 5.80. The third-order valence-corrected chi connectivity index (χ3v) is 5.17. The highest BCUT2D eigenvalue weighted by molar-refractivity contribution is 5.92. The first-order valence-electron chi connectivity index (χ1n) is 6.33. The van der Waals surface area contributed by atoms with Crippen molar-refractivity contribution < 1.29 is 4.79 Å². The van der Waals surface area contributed by atoms with Gasteiger partial charge in [-0.2, -0.15) is 0 Å². The third-order valence-electron chi connectivity index (χ3n) is 5.17. The maximum absolute atomic E-state index is 12.6. The second kappa shape index (κ2) is 2.84. The lowest BCUT2D eigenvalue weighted by Gasteiger charge is -2.26. The summed E-state index contributed by atoms with van der Waals surface area (Å²) >= 11 is 0. The number of ketones is 1. The summed E-state index contributed by atoms with van der Waals surface area (Å²) in [6.07, 6.45) is 12.5. The lowest BCUT2D eigenvalue weighted by molar-refractivity contribution is -0.133. The summed E-state index contributed by atoms with van der Waals surface area (Å²) < 4.78 is 0. The summed E-state index contributed by atoms with van der Waals surface area (Å²) in [6.45, 7) is 0. The van der Waals surface area contributed by atoms with Crippen LogP contribution in [0.15, 0.2) is 0 Å². The van der Waals surface area contributed by atoms with Gasteiger partial charge in [-0.05, 0) is 38.5 Å². The van der Waals surface area contributed by atoms with Gasteiger partial charge >= 0.3 is 0 Å². The Kier molecular flexibility index (Phi) is 1.81. The van der Waals surface area contributed by atoms with Crippen molar-refractivity contribution in [1.82, 2.24) is 0 Å². The van der Waals surface area contributed by atoms with Gasteiger partial charge in [0.1, 0.15) is 5.78 Å². The van der Waals surface area contributed by atoms with Gasteiger partial charge < -0.3 is 0 Å². The summed E-state index contributed by atoms with van der Waals surface area (Å²) in [5.41, 5.74) is 0.370. The van der Waals surface area contributed by atoms with Crippen LogP contribution in [0.4, 0.5) is 0 Å². The average molecular weight is 192 g/mol. The zero-order valence-corrected chi connectivity index (χ0v) is 8.98. The zero-order valence-electron chi connectivity index (χ0n) is 8.98. The Hall–Kier alpha value is -0.330. The fourth-order valence-corrected chi connectivity index (χ4v) is 4.33. The van der Waals surface area contributed by atoms with Gasteiger partial charge in [-0.3, -0.25) is 4.79 Å². The van der Waals surface area contributed by atoms with Crippen molar-refractivity contribution >= 4 is 5.78 Å². The van der Waals surface area contributed by atoms with Crippen LogP contribution in [0.3, 0.4) is 0 Å². The minimum atomic E-state index is 0.185. The normalized spacial score (nSPS) is 33.6. The van der Waals surface area contributed by atoms with E-state index in [0.717, 1.165) is 0 Å². The van der Waals surface area contributed by atoms with E-state index in [1.807, 2.05) is 0 Å². The molecule has 0 unspecified atom stereocenters. The number of hydrogen-bond acceptors (Lipinski definition) is 1. The summed E-state index contributed by atoms with van der Waals surface area (Å²) in [7, 11) is 0. The first-order chi connectivity index (χ1) is 6.78. The molecule has 2 spiro atoms. The Morgan fingerprint density at radius 1 is 0.643 bits per heavy atom. The molecule has 0 radical (unpaired) electrons. The molecule has 3 aliphatic carbocycles. The van der Waals surface area contributed by atoms with Crippen LogP contribution in [-0.2, 0) is 4.79 Å². The molecule has 0 aromatic heterocycles. The molecule has 0 heterocycles. The molecule has 14 heavy (non-hydrogen) atoms. The lowest BCUT2D eigenvalue weighted by atomic mass is 9.76. The quantitative estimate of drug-likeness (QED) is 0.574. The Bertz CT molecular complexity index is 228. The van der Waals surface area contributed by atoms with Crippen molar-refractivity contribution in [3.05, 3.63) is 0 Å². The van der Waals surface area contributed by atoms with Crippen molar-refractivity contribution in [2.75, 3.05) is 0 Å². The van der Waals surface area contributed by atoms with Gasteiger partial charge in [0.05, 0.1) is 0 Å². The van der Waals surface area contributed by atoms with E-state index in [1.54, 1.807) is 0 Å². The first kappa shape index (κ1) is 8.94. The van der Waals surface area contributed by atoms with E-state index in [0.29, 0.717) is 5.78 Å². The molecule has 0 aliphatic heterocycles. The first-order valence-corrected chi connectivity index (χ1v) is 6.33. The molecular weight excluding hydrogens is 172 g/mol. The predicted molar refractivity (Wildman–Crippen MR) is 56.0 cm³/mol. The molecule has 1 nitrogen and oxygen atoms in total. The van der Waals surface area contributed by atoms with E-state index in [-0.39, 0.29) is 10.8 Å². The maximum Gasteiger partial charge on any atom is 0.145 e. The minimum Gasteiger partial charge on any atom is -0.298 e. The number of hydrogen-bond donors (Lipinski definition) is 0. The monoisotopic (exact) mass is 192 g/mol. The molecular formula is C13H20O. The molecule has 0 bridgehead atoms. The molecule has 3 saturated carbocycles. The standard InChI is InChI=1S/C13H20O/c14-11-12(5-1-2-6-12)9-10-13(11)7-3-4-8-13/h1-10H2. The molecule has 3 fully saturated rings. The number of carbonyl (C=O) groups is 1. The van der Waals surface area contributed by atoms with Crippen LogP contribution in [0.25, 0.3) is 0 Å². The molecule has 78 valence electrons. The van der Waals surface area contributed by atoms with E-state index >= 15 is 0 Å². The fraction of sp³-hybridized carbons (Fsp3) is 0.923. The van der Waals surface area contributed by atoms with Gasteiger partial charge in [-0.1, -0.05) is 25.7 Å². The van der Waals surface area contributed by atoms with Crippen LogP contribution >= 0.6 is 0 Å². The minimum absolute atomic E-state index is 0.185. The van der Waals surface area contributed by atoms with Crippen LogP contribution in [0.5, 0.6) is 0 Å². The number of Topliss-reactive ketones (excluding diaryl/α,β-unsaturated/α-hetero) is 1. The smallest absolute Gasteiger partial charge is 0.145 e. The van der Waals surface area contributed by atoms with E-state index in [9.17, 15) is 4.79 Å². The summed E-state index contributed by atoms with van der Waals surface area (Å²) in [5, 5.41) is 0. The van der Waals surface area contributed by atoms with Gasteiger partial charge in [0.2, 0.25) is 0 Å². The van der Waals surface area contributed by atoms with Gasteiger partial charge in [0.25, 0.3) is 0 Å². The van der Waals surface area contributed by atoms with Crippen molar-refractivity contribution in [3.63, 3.8) is 0 Å². The van der Waals surface area contributed by atoms with E-state index in [1.165, 1.54) is 64.2 Å². The highest BCUT2D eigenvalue weighted by Gasteiger charge is 2.57. The fourth-order valence-electron chi connectivity index (χ4n) is 4.33. The van der Waals surface area contributed by atoms with Crippen LogP contribution in [-0.4, -0.2) is 5.78 Å². The summed E-state index contributed by atoms with van der Waals surface area (Å²) in [5.74, 6) is 0.694. The van der Waals surface area contributed by atoms with Crippen molar-refractivity contribution in [3.8, 4) is 0 Å². The molecule has 0 N–H and O–H groups in total. The average Bonchev–Trinajstić information content (AvgIpc) is 2.89. The van der Waals surface area contributed by atoms with Gasteiger partial charge in [-0.15, -0.1) is 0 Å². The molecule has 1 heteroatoms. The largest absolute Gasteiger partial charge is 0.298 e. The summed E-state index contributed by atoms with van der Waals surface area (Å²) in [4.78, 5) is 12.6. The van der Waals surface area contributed by atoms with Gasteiger partial charge in [0.15, 0.2) is 0 Å². The van der Waals surface area contributed by atoms with E-state index in [2.05, 4.69) is 0 Å². The van der Waals surface area contributed by atoms with Crippen molar-refractivity contribution in [1.29, 1.82) is 0 Å². The number of rotatable bonds is 0. The van der Waals surface area contributed by atoms with Crippen molar-refractivity contribution in [2.24, 2.45) is 10.8 Å². The highest BCUT2D eigenvalue weighted by Crippen LogP contribution is 2.59. The molecule has 0 aromatic rings. The molecule has 3 rings (SSSR count). The second-order valence-electron chi connectivity index (χ2n) is 5.80. The molecule has 0 amide bonds. The van der Waals surface area contributed by atoms with Crippen molar-refractivity contribution in [2.45, 2.75) is 64.2 Å². The van der Waals surface area contributed by atoms with Gasteiger partial charge in [0, 0.05) is 10.8 Å². The van der Waals surface area contributed by atoms with Crippen LogP contribution in [0.2, 0.25) is 0 Å². The lowest BCUT2D eigenvalue weighted by Crippen LogP contribution is -2.32. The molecule has 3 aliphatic rings. The van der Waals surface area contributed by atoms with Crippen LogP contribution in [0, 0.1) is 10.8 Å². The molecule has 0 aromatic carbocycles. The van der Waals surface area contributed by atoms with Gasteiger partial charge in [-0.25, -0.2) is 0 Å². The Labute approximate surface area is 86.3 Å². The van der Waals surface area contributed by atoms with Crippen LogP contribution < -0.4 is 0 Å². The Morgan fingerprint density at radius 3 is 1.36 bits per heavy atom. The van der Waals surface area contributed by atoms with E-state index in [4.69, 9.17) is 0 Å². The third kappa shape index (κ3) is 0.988. The zero-order chi connectivity index (χ0) is 9.65. The molecule has 0 saturated heterocycles. The number of carbonyl (C=O) groups excluding carboxylic acids is 1. The molecule has 0 atom stereocenters. The SMILES string of the molecule is O=C1C2(CCCC2)CCC12CCCC2. The van der Waals surface area contributed by atoms with E-state index < -0.39 is 0 Å². The summed E-state index contributed by atoms with van der Waals surface area (Å²) in [6, 6.07) is 0. The Morgan fingerprint density at radius 2 is 1.00 bits per heavy atom. The maximum atomic E-state index is 12.6. The highest BCUT2D eigenvalue weighted by atomic mass is 16.1.